The normalized spacial score (nSPS) is 15.2. The third-order valence-electron chi connectivity index (χ3n) is 4.60. The Bertz CT molecular complexity index is 1040. The van der Waals surface area contributed by atoms with E-state index in [4.69, 9.17) is 34.8 Å². The number of nitriles is 1. The van der Waals surface area contributed by atoms with Gasteiger partial charge in [0.05, 0.1) is 15.6 Å². The van der Waals surface area contributed by atoms with Gasteiger partial charge in [0.2, 0.25) is 0 Å². The van der Waals surface area contributed by atoms with Crippen molar-refractivity contribution in [2.24, 2.45) is 0 Å². The molecule has 0 fully saturated rings. The van der Waals surface area contributed by atoms with E-state index in [0.717, 1.165) is 34.2 Å². The fourth-order valence-corrected chi connectivity index (χ4v) is 3.97. The van der Waals surface area contributed by atoms with Gasteiger partial charge < -0.3 is 0 Å². The van der Waals surface area contributed by atoms with E-state index < -0.39 is 0 Å². The van der Waals surface area contributed by atoms with Crippen molar-refractivity contribution < 1.29 is 0 Å². The van der Waals surface area contributed by atoms with Crippen LogP contribution in [0.5, 0.6) is 0 Å². The highest BCUT2D eigenvalue weighted by molar-refractivity contribution is 6.42. The zero-order chi connectivity index (χ0) is 17.6. The lowest BCUT2D eigenvalue weighted by Crippen LogP contribution is -2.14. The summed E-state index contributed by atoms with van der Waals surface area (Å²) in [5.41, 5.74) is 5.57. The van der Waals surface area contributed by atoms with E-state index in [1.54, 1.807) is 6.20 Å². The summed E-state index contributed by atoms with van der Waals surface area (Å²) in [6.07, 6.45) is 2.49. The summed E-state index contributed by atoms with van der Waals surface area (Å²) in [7, 11) is 0. The van der Waals surface area contributed by atoms with Gasteiger partial charge in [-0.05, 0) is 40.8 Å². The van der Waals surface area contributed by atoms with Gasteiger partial charge in [-0.15, -0.1) is 0 Å². The number of hydrogen-bond acceptors (Lipinski definition) is 2. The average molecular weight is 386 g/mol. The molecule has 25 heavy (non-hydrogen) atoms. The van der Waals surface area contributed by atoms with Crippen LogP contribution in [0, 0.1) is 11.3 Å². The van der Waals surface area contributed by atoms with Gasteiger partial charge in [0.15, 0.2) is 0 Å². The number of rotatable bonds is 1. The Morgan fingerprint density at radius 3 is 2.60 bits per heavy atom. The Kier molecular flexibility index (Phi) is 4.17. The highest BCUT2D eigenvalue weighted by Crippen LogP contribution is 2.45. The molecule has 0 spiro atoms. The van der Waals surface area contributed by atoms with E-state index in [-0.39, 0.29) is 11.1 Å². The van der Waals surface area contributed by atoms with Gasteiger partial charge >= 0.3 is 0 Å². The summed E-state index contributed by atoms with van der Waals surface area (Å²) in [6, 6.07) is 16.0. The van der Waals surface area contributed by atoms with Crippen LogP contribution in [0.25, 0.3) is 11.1 Å². The Balaban J connectivity index is 1.96. The third kappa shape index (κ3) is 2.69. The molecule has 4 rings (SSSR count). The molecule has 3 aromatic rings. The molecular formula is C20H11Cl3N2. The van der Waals surface area contributed by atoms with Crippen molar-refractivity contribution in [1.29, 1.82) is 5.26 Å². The largest absolute Gasteiger partial charge is 0.243 e. The van der Waals surface area contributed by atoms with Gasteiger partial charge in [-0.1, -0.05) is 65.1 Å². The molecule has 1 aliphatic carbocycles. The number of fused-ring (bicyclic) bond motifs is 3. The first-order valence-electron chi connectivity index (χ1n) is 7.72. The van der Waals surface area contributed by atoms with E-state index in [2.05, 4.69) is 17.1 Å². The maximum atomic E-state index is 9.54. The Hall–Kier alpha value is -2.05. The first-order chi connectivity index (χ1) is 12.1. The van der Waals surface area contributed by atoms with Crippen LogP contribution < -0.4 is 0 Å². The first-order valence-corrected chi connectivity index (χ1v) is 8.85. The van der Waals surface area contributed by atoms with Crippen LogP contribution in [0.4, 0.5) is 0 Å². The van der Waals surface area contributed by atoms with Gasteiger partial charge in [-0.2, -0.15) is 5.26 Å². The Morgan fingerprint density at radius 2 is 1.84 bits per heavy atom. The molecule has 0 radical (unpaired) electrons. The summed E-state index contributed by atoms with van der Waals surface area (Å²) in [5.74, 6) is 0.119. The molecule has 0 aliphatic heterocycles. The number of pyridine rings is 1. The second-order valence-electron chi connectivity index (χ2n) is 5.95. The molecule has 122 valence electrons. The second-order valence-corrected chi connectivity index (χ2v) is 7.13. The fraction of sp³-hybridized carbons (Fsp3) is 0.100. The van der Waals surface area contributed by atoms with Crippen LogP contribution in [0.15, 0.2) is 48.7 Å². The third-order valence-corrected chi connectivity index (χ3v) is 5.62. The molecule has 1 aliphatic rings. The van der Waals surface area contributed by atoms with Gasteiger partial charge in [-0.3, -0.25) is 0 Å². The molecule has 1 unspecified atom stereocenters. The van der Waals surface area contributed by atoms with Crippen molar-refractivity contribution in [3.63, 3.8) is 0 Å². The topological polar surface area (TPSA) is 36.7 Å². The van der Waals surface area contributed by atoms with Crippen LogP contribution in [0.2, 0.25) is 15.2 Å². The molecule has 0 N–H and O–H groups in total. The standard InChI is InChI=1S/C20H11Cl3N2/c21-17-6-5-11(8-18(17)22)15-7-12-10-25-20(23)16(9-24)19(12)14-4-2-1-3-13(14)15/h1-6,8,10,15H,7H2. The van der Waals surface area contributed by atoms with Crippen molar-refractivity contribution >= 4 is 34.8 Å². The number of nitrogens with zero attached hydrogens (tertiary/aromatic N) is 2. The summed E-state index contributed by atoms with van der Waals surface area (Å²) < 4.78 is 0. The van der Waals surface area contributed by atoms with Gasteiger partial charge in [0.25, 0.3) is 0 Å². The smallest absolute Gasteiger partial charge is 0.147 e. The molecule has 0 amide bonds. The van der Waals surface area contributed by atoms with Gasteiger partial charge in [-0.25, -0.2) is 4.98 Å². The second kappa shape index (κ2) is 6.35. The molecule has 2 nitrogen and oxygen atoms in total. The lowest BCUT2D eigenvalue weighted by atomic mass is 9.75. The lowest BCUT2D eigenvalue weighted by Gasteiger charge is -2.29. The zero-order valence-electron chi connectivity index (χ0n) is 12.9. The highest BCUT2D eigenvalue weighted by Gasteiger charge is 2.29. The SMILES string of the molecule is N#Cc1c(Cl)ncc2c1-c1ccccc1C(c1ccc(Cl)c(Cl)c1)C2. The van der Waals surface area contributed by atoms with Crippen molar-refractivity contribution in [3.8, 4) is 17.2 Å². The van der Waals surface area contributed by atoms with Crippen molar-refractivity contribution in [1.82, 2.24) is 4.98 Å². The molecule has 5 heteroatoms. The maximum absolute atomic E-state index is 9.54. The molecule has 0 bridgehead atoms. The number of aromatic nitrogens is 1. The quantitative estimate of drug-likeness (QED) is 0.463. The summed E-state index contributed by atoms with van der Waals surface area (Å²) in [4.78, 5) is 4.19. The molecule has 0 saturated carbocycles. The van der Waals surface area contributed by atoms with Crippen molar-refractivity contribution in [2.45, 2.75) is 12.3 Å². The summed E-state index contributed by atoms with van der Waals surface area (Å²) in [6.45, 7) is 0. The zero-order valence-corrected chi connectivity index (χ0v) is 15.2. The minimum absolute atomic E-state index is 0.119. The van der Waals surface area contributed by atoms with Crippen molar-refractivity contribution in [2.75, 3.05) is 0 Å². The van der Waals surface area contributed by atoms with Crippen molar-refractivity contribution in [3.05, 3.63) is 86.1 Å². The van der Waals surface area contributed by atoms with Crippen LogP contribution in [-0.2, 0) is 6.42 Å². The van der Waals surface area contributed by atoms with Crippen LogP contribution in [0.1, 0.15) is 28.2 Å². The molecule has 1 atom stereocenters. The van der Waals surface area contributed by atoms with E-state index in [1.165, 1.54) is 0 Å². The predicted octanol–water partition coefficient (Wildman–Crippen LogP) is 6.27. The summed E-state index contributed by atoms with van der Waals surface area (Å²) in [5, 5.41) is 10.9. The molecule has 0 saturated heterocycles. The monoisotopic (exact) mass is 384 g/mol. The molecular weight excluding hydrogens is 375 g/mol. The molecule has 1 aromatic heterocycles. The summed E-state index contributed by atoms with van der Waals surface area (Å²) >= 11 is 18.4. The van der Waals surface area contributed by atoms with Crippen LogP contribution in [0.3, 0.4) is 0 Å². The number of halogens is 3. The maximum Gasteiger partial charge on any atom is 0.147 e. The van der Waals surface area contributed by atoms with Crippen LogP contribution >= 0.6 is 34.8 Å². The first kappa shape index (κ1) is 16.4. The van der Waals surface area contributed by atoms with E-state index in [1.807, 2.05) is 36.4 Å². The number of hydrogen-bond donors (Lipinski definition) is 0. The van der Waals surface area contributed by atoms with Gasteiger partial charge in [0.1, 0.15) is 11.2 Å². The Morgan fingerprint density at radius 1 is 1.04 bits per heavy atom. The van der Waals surface area contributed by atoms with E-state index >= 15 is 0 Å². The predicted molar refractivity (Wildman–Crippen MR) is 101 cm³/mol. The molecule has 2 aromatic carbocycles. The van der Waals surface area contributed by atoms with Crippen LogP contribution in [-0.4, -0.2) is 4.98 Å². The molecule has 1 heterocycles. The minimum atomic E-state index is 0.119. The minimum Gasteiger partial charge on any atom is -0.243 e. The van der Waals surface area contributed by atoms with E-state index in [0.29, 0.717) is 15.6 Å². The fourth-order valence-electron chi connectivity index (χ4n) is 3.48. The highest BCUT2D eigenvalue weighted by atomic mass is 35.5. The number of benzene rings is 2. The Labute approximate surface area is 160 Å². The lowest BCUT2D eigenvalue weighted by molar-refractivity contribution is 0.789. The van der Waals surface area contributed by atoms with Gasteiger partial charge in [0, 0.05) is 17.7 Å². The van der Waals surface area contributed by atoms with E-state index in [9.17, 15) is 5.26 Å². The average Bonchev–Trinajstić information content (AvgIpc) is 2.63.